The van der Waals surface area contributed by atoms with Crippen LogP contribution in [0.15, 0.2) is 12.2 Å². The molecule has 0 heterocycles. The number of hydrogen-bond acceptors (Lipinski definition) is 2. The van der Waals surface area contributed by atoms with Crippen LogP contribution in [-0.2, 0) is 0 Å². The second-order valence-electron chi connectivity index (χ2n) is 8.19. The van der Waals surface area contributed by atoms with E-state index in [2.05, 4.69) is 60.6 Å². The fourth-order valence-electron chi connectivity index (χ4n) is 4.85. The van der Waals surface area contributed by atoms with Crippen molar-refractivity contribution in [2.75, 3.05) is 6.54 Å². The quantitative estimate of drug-likeness (QED) is 0.474. The summed E-state index contributed by atoms with van der Waals surface area (Å²) >= 11 is 0. The van der Waals surface area contributed by atoms with Gasteiger partial charge in [-0.15, -0.1) is 0 Å². The van der Waals surface area contributed by atoms with Crippen molar-refractivity contribution in [1.82, 2.24) is 0 Å². The Morgan fingerprint density at radius 3 is 2.09 bits per heavy atom. The maximum atomic E-state index is 6.65. The molecule has 138 valence electrons. The highest BCUT2D eigenvalue weighted by molar-refractivity contribution is 5.03. The molecule has 0 saturated carbocycles. The first-order chi connectivity index (χ1) is 10.8. The normalized spacial score (nSPS) is 18.3. The Morgan fingerprint density at radius 1 is 1.09 bits per heavy atom. The van der Waals surface area contributed by atoms with Gasteiger partial charge in [0.15, 0.2) is 0 Å². The van der Waals surface area contributed by atoms with Crippen molar-refractivity contribution in [3.05, 3.63) is 12.2 Å². The molecule has 0 amide bonds. The molecule has 0 bridgehead atoms. The van der Waals surface area contributed by atoms with Gasteiger partial charge < -0.3 is 11.5 Å². The van der Waals surface area contributed by atoms with Crippen LogP contribution in [0, 0.1) is 29.1 Å². The average Bonchev–Trinajstić information content (AvgIpc) is 2.48. The third kappa shape index (κ3) is 6.58. The van der Waals surface area contributed by atoms with Crippen molar-refractivity contribution < 1.29 is 0 Å². The van der Waals surface area contributed by atoms with Gasteiger partial charge in [-0.05, 0) is 55.4 Å². The first-order valence-corrected chi connectivity index (χ1v) is 9.86. The highest BCUT2D eigenvalue weighted by atomic mass is 14.7. The first-order valence-electron chi connectivity index (χ1n) is 9.86. The van der Waals surface area contributed by atoms with Crippen LogP contribution in [0.3, 0.4) is 0 Å². The molecule has 0 radical (unpaired) electrons. The predicted octanol–water partition coefficient (Wildman–Crippen LogP) is 5.37. The molecule has 0 fully saturated rings. The van der Waals surface area contributed by atoms with E-state index in [0.717, 1.165) is 19.4 Å². The first kappa shape index (κ1) is 22.7. The molecule has 4 unspecified atom stereocenters. The summed E-state index contributed by atoms with van der Waals surface area (Å²) in [7, 11) is 0. The highest BCUT2D eigenvalue weighted by Crippen LogP contribution is 2.47. The number of nitrogens with two attached hydrogens (primary N) is 2. The minimum absolute atomic E-state index is 0.184. The summed E-state index contributed by atoms with van der Waals surface area (Å²) in [6.45, 7) is 17.1. The Labute approximate surface area is 146 Å². The zero-order chi connectivity index (χ0) is 18.0. The standard InChI is InChI=1S/C21H44N2/c1-8-11-13-19(23)18(12-9-2)21(6,7)20(16(4)5)17(10-3)14-15-22/h9,12,16-20H,8,10-11,13-15,22-23H2,1-7H3. The number of unbranched alkanes of at least 4 members (excludes halogenated alkanes) is 1. The van der Waals surface area contributed by atoms with Crippen LogP contribution in [0.25, 0.3) is 0 Å². The fraction of sp³-hybridized carbons (Fsp3) is 0.905. The van der Waals surface area contributed by atoms with Gasteiger partial charge in [-0.3, -0.25) is 0 Å². The molecule has 0 saturated heterocycles. The molecule has 0 aliphatic carbocycles. The van der Waals surface area contributed by atoms with Crippen molar-refractivity contribution in [2.45, 2.75) is 86.6 Å². The third-order valence-electron chi connectivity index (χ3n) is 5.76. The molecule has 0 aromatic rings. The van der Waals surface area contributed by atoms with Gasteiger partial charge in [0, 0.05) is 6.04 Å². The van der Waals surface area contributed by atoms with E-state index in [-0.39, 0.29) is 11.5 Å². The molecular formula is C21H44N2. The van der Waals surface area contributed by atoms with Crippen LogP contribution in [0.1, 0.15) is 80.6 Å². The van der Waals surface area contributed by atoms with Crippen LogP contribution in [0.5, 0.6) is 0 Å². The molecule has 0 rings (SSSR count). The zero-order valence-electron chi connectivity index (χ0n) is 16.9. The SMILES string of the molecule is CC=CC(C(N)CCCC)C(C)(C)C(C(C)C)C(CC)CCN. The van der Waals surface area contributed by atoms with E-state index in [9.17, 15) is 0 Å². The molecule has 4 N–H and O–H groups in total. The molecular weight excluding hydrogens is 280 g/mol. The summed E-state index contributed by atoms with van der Waals surface area (Å²) in [5, 5.41) is 0. The molecule has 23 heavy (non-hydrogen) atoms. The van der Waals surface area contributed by atoms with Gasteiger partial charge >= 0.3 is 0 Å². The van der Waals surface area contributed by atoms with Crippen LogP contribution < -0.4 is 11.5 Å². The largest absolute Gasteiger partial charge is 0.330 e. The summed E-state index contributed by atoms with van der Waals surface area (Å²) in [6.07, 6.45) is 10.4. The minimum atomic E-state index is 0.184. The van der Waals surface area contributed by atoms with Crippen molar-refractivity contribution >= 4 is 0 Å². The predicted molar refractivity (Wildman–Crippen MR) is 105 cm³/mol. The Morgan fingerprint density at radius 2 is 1.70 bits per heavy atom. The van der Waals surface area contributed by atoms with E-state index in [1.165, 1.54) is 19.3 Å². The van der Waals surface area contributed by atoms with Crippen molar-refractivity contribution in [3.8, 4) is 0 Å². The molecule has 2 heteroatoms. The number of rotatable bonds is 12. The zero-order valence-corrected chi connectivity index (χ0v) is 16.9. The Hall–Kier alpha value is -0.340. The summed E-state index contributed by atoms with van der Waals surface area (Å²) < 4.78 is 0. The monoisotopic (exact) mass is 324 g/mol. The number of hydrogen-bond donors (Lipinski definition) is 2. The summed E-state index contributed by atoms with van der Waals surface area (Å²) in [5.41, 5.74) is 12.7. The van der Waals surface area contributed by atoms with Crippen molar-refractivity contribution in [2.24, 2.45) is 40.6 Å². The second kappa shape index (κ2) is 11.3. The lowest BCUT2D eigenvalue weighted by atomic mass is 9.58. The van der Waals surface area contributed by atoms with E-state index in [1.807, 2.05) is 0 Å². The van der Waals surface area contributed by atoms with Gasteiger partial charge in [-0.1, -0.05) is 73.0 Å². The Bertz CT molecular complexity index is 320. The van der Waals surface area contributed by atoms with E-state index in [1.54, 1.807) is 0 Å². The van der Waals surface area contributed by atoms with Gasteiger partial charge in [0.2, 0.25) is 0 Å². The molecule has 0 spiro atoms. The van der Waals surface area contributed by atoms with E-state index < -0.39 is 0 Å². The van der Waals surface area contributed by atoms with E-state index >= 15 is 0 Å². The molecule has 2 nitrogen and oxygen atoms in total. The van der Waals surface area contributed by atoms with E-state index in [0.29, 0.717) is 23.7 Å². The lowest BCUT2D eigenvalue weighted by Crippen LogP contribution is -2.46. The Balaban J connectivity index is 5.56. The van der Waals surface area contributed by atoms with Gasteiger partial charge in [0.1, 0.15) is 0 Å². The topological polar surface area (TPSA) is 52.0 Å². The average molecular weight is 325 g/mol. The Kier molecular flexibility index (Phi) is 11.1. The second-order valence-corrected chi connectivity index (χ2v) is 8.19. The molecule has 0 aliphatic rings. The molecule has 4 atom stereocenters. The molecule has 0 aromatic heterocycles. The lowest BCUT2D eigenvalue weighted by Gasteiger charge is -2.48. The van der Waals surface area contributed by atoms with Gasteiger partial charge in [0.05, 0.1) is 0 Å². The summed E-state index contributed by atoms with van der Waals surface area (Å²) in [4.78, 5) is 0. The minimum Gasteiger partial charge on any atom is -0.330 e. The molecule has 0 aliphatic heterocycles. The van der Waals surface area contributed by atoms with Crippen LogP contribution in [0.4, 0.5) is 0 Å². The van der Waals surface area contributed by atoms with Gasteiger partial charge in [-0.25, -0.2) is 0 Å². The lowest BCUT2D eigenvalue weighted by molar-refractivity contribution is 0.0342. The van der Waals surface area contributed by atoms with Crippen LogP contribution in [-0.4, -0.2) is 12.6 Å². The maximum absolute atomic E-state index is 6.65. The maximum Gasteiger partial charge on any atom is 0.0107 e. The fourth-order valence-corrected chi connectivity index (χ4v) is 4.85. The van der Waals surface area contributed by atoms with Crippen LogP contribution in [0.2, 0.25) is 0 Å². The van der Waals surface area contributed by atoms with Crippen molar-refractivity contribution in [3.63, 3.8) is 0 Å². The smallest absolute Gasteiger partial charge is 0.0107 e. The van der Waals surface area contributed by atoms with Crippen molar-refractivity contribution in [1.29, 1.82) is 0 Å². The molecule has 0 aromatic carbocycles. The summed E-state index contributed by atoms with van der Waals surface area (Å²) in [6, 6.07) is 0.248. The van der Waals surface area contributed by atoms with Gasteiger partial charge in [0.25, 0.3) is 0 Å². The van der Waals surface area contributed by atoms with E-state index in [4.69, 9.17) is 11.5 Å². The number of allylic oxidation sites excluding steroid dienone is 1. The third-order valence-corrected chi connectivity index (χ3v) is 5.76. The summed E-state index contributed by atoms with van der Waals surface area (Å²) in [5.74, 6) is 2.40. The van der Waals surface area contributed by atoms with Crippen LogP contribution >= 0.6 is 0 Å². The highest BCUT2D eigenvalue weighted by Gasteiger charge is 2.42. The van der Waals surface area contributed by atoms with Gasteiger partial charge in [-0.2, -0.15) is 0 Å².